The van der Waals surface area contributed by atoms with Crippen LogP contribution in [-0.4, -0.2) is 10.8 Å². The van der Waals surface area contributed by atoms with Gasteiger partial charge in [-0.3, -0.25) is 14.9 Å². The van der Waals surface area contributed by atoms with Crippen LogP contribution in [0.4, 0.5) is 5.88 Å². The highest BCUT2D eigenvalue weighted by Crippen LogP contribution is 2.37. The number of carbonyl (C=O) groups excluding carboxylic acids is 1. The fourth-order valence-corrected chi connectivity index (χ4v) is 3.81. The van der Waals surface area contributed by atoms with Gasteiger partial charge < -0.3 is 9.73 Å². The summed E-state index contributed by atoms with van der Waals surface area (Å²) in [5.41, 5.74) is 0. The molecular formula is C15H16N2O4S. The summed E-state index contributed by atoms with van der Waals surface area (Å²) in [6, 6.07) is 6.46. The van der Waals surface area contributed by atoms with E-state index in [0.29, 0.717) is 5.92 Å². The molecule has 2 aromatic heterocycles. The van der Waals surface area contributed by atoms with Gasteiger partial charge in [-0.15, -0.1) is 11.3 Å². The van der Waals surface area contributed by atoms with Crippen LogP contribution in [0.3, 0.4) is 0 Å². The highest BCUT2D eigenvalue weighted by atomic mass is 32.1. The molecule has 3 rings (SSSR count). The van der Waals surface area contributed by atoms with Crippen LogP contribution in [0.25, 0.3) is 0 Å². The molecule has 1 atom stereocenters. The summed E-state index contributed by atoms with van der Waals surface area (Å²) < 4.78 is 4.98. The first-order chi connectivity index (χ1) is 10.6. The Morgan fingerprint density at radius 3 is 2.73 bits per heavy atom. The third-order valence-corrected chi connectivity index (χ3v) is 4.96. The molecule has 7 heteroatoms. The highest BCUT2D eigenvalue weighted by Gasteiger charge is 2.29. The second kappa shape index (κ2) is 6.31. The van der Waals surface area contributed by atoms with E-state index < -0.39 is 16.7 Å². The van der Waals surface area contributed by atoms with E-state index in [0.717, 1.165) is 17.7 Å². The molecule has 2 aromatic rings. The zero-order valence-electron chi connectivity index (χ0n) is 11.9. The van der Waals surface area contributed by atoms with Crippen molar-refractivity contribution in [2.24, 2.45) is 5.92 Å². The van der Waals surface area contributed by atoms with Gasteiger partial charge >= 0.3 is 5.88 Å². The summed E-state index contributed by atoms with van der Waals surface area (Å²) in [4.78, 5) is 23.4. The Kier molecular flexibility index (Phi) is 4.24. The topological polar surface area (TPSA) is 85.4 Å². The van der Waals surface area contributed by atoms with Crippen molar-refractivity contribution >= 4 is 23.1 Å². The van der Waals surface area contributed by atoms with Gasteiger partial charge in [-0.1, -0.05) is 18.9 Å². The van der Waals surface area contributed by atoms with Crippen molar-refractivity contribution < 1.29 is 14.1 Å². The van der Waals surface area contributed by atoms with Crippen LogP contribution >= 0.6 is 11.3 Å². The zero-order valence-corrected chi connectivity index (χ0v) is 12.7. The Balaban J connectivity index is 1.77. The molecule has 0 aromatic carbocycles. The van der Waals surface area contributed by atoms with Gasteiger partial charge in [0.25, 0.3) is 5.91 Å². The standard InChI is InChI=1S/C15H16N2O4S/c18-15(11-7-8-13(21-11)17(19)20)16-14(10-4-1-2-5-10)12-6-3-9-22-12/h3,6-10,14H,1-2,4-5H2,(H,16,18). The van der Waals surface area contributed by atoms with E-state index >= 15 is 0 Å². The van der Waals surface area contributed by atoms with Gasteiger partial charge in [0.15, 0.2) is 5.76 Å². The molecule has 1 aliphatic rings. The van der Waals surface area contributed by atoms with Crippen LogP contribution in [0.15, 0.2) is 34.1 Å². The van der Waals surface area contributed by atoms with E-state index in [1.54, 1.807) is 11.3 Å². The van der Waals surface area contributed by atoms with Crippen LogP contribution < -0.4 is 5.32 Å². The van der Waals surface area contributed by atoms with Crippen LogP contribution in [0.1, 0.15) is 47.2 Å². The SMILES string of the molecule is O=C(NC(c1cccs1)C1CCCC1)c1ccc([N+](=O)[O-])o1. The number of carbonyl (C=O) groups is 1. The second-order valence-corrected chi connectivity index (χ2v) is 6.39. The predicted octanol–water partition coefficient (Wildman–Crippen LogP) is 3.91. The van der Waals surface area contributed by atoms with Crippen molar-refractivity contribution in [3.63, 3.8) is 0 Å². The van der Waals surface area contributed by atoms with Gasteiger partial charge in [-0.25, -0.2) is 0 Å². The number of nitro groups is 1. The van der Waals surface area contributed by atoms with Gasteiger partial charge in [0.1, 0.15) is 4.92 Å². The molecule has 0 spiro atoms. The second-order valence-electron chi connectivity index (χ2n) is 5.41. The number of hydrogen-bond acceptors (Lipinski definition) is 5. The number of nitrogens with one attached hydrogen (secondary N) is 1. The summed E-state index contributed by atoms with van der Waals surface area (Å²) in [6.07, 6.45) is 4.52. The maximum absolute atomic E-state index is 12.3. The molecule has 1 amide bonds. The third kappa shape index (κ3) is 3.04. The number of thiophene rings is 1. The Morgan fingerprint density at radius 1 is 1.36 bits per heavy atom. The van der Waals surface area contributed by atoms with E-state index in [1.807, 2.05) is 17.5 Å². The van der Waals surface area contributed by atoms with Crippen LogP contribution in [0.5, 0.6) is 0 Å². The quantitative estimate of drug-likeness (QED) is 0.668. The molecule has 1 unspecified atom stereocenters. The predicted molar refractivity (Wildman–Crippen MR) is 81.8 cm³/mol. The van der Waals surface area contributed by atoms with Crippen LogP contribution in [-0.2, 0) is 0 Å². The van der Waals surface area contributed by atoms with E-state index in [1.165, 1.54) is 25.0 Å². The fourth-order valence-electron chi connectivity index (χ4n) is 2.94. The molecule has 1 N–H and O–H groups in total. The Hall–Kier alpha value is -2.15. The normalized spacial score (nSPS) is 16.5. The summed E-state index contributed by atoms with van der Waals surface area (Å²) in [5.74, 6) is -0.434. The molecule has 1 saturated carbocycles. The van der Waals surface area contributed by atoms with Gasteiger partial charge in [0, 0.05) is 4.88 Å². The number of amides is 1. The Morgan fingerprint density at radius 2 is 2.14 bits per heavy atom. The van der Waals surface area contributed by atoms with E-state index in [-0.39, 0.29) is 11.8 Å². The minimum Gasteiger partial charge on any atom is -0.395 e. The van der Waals surface area contributed by atoms with E-state index in [9.17, 15) is 14.9 Å². The van der Waals surface area contributed by atoms with E-state index in [2.05, 4.69) is 5.32 Å². The lowest BCUT2D eigenvalue weighted by Gasteiger charge is -2.23. The summed E-state index contributed by atoms with van der Waals surface area (Å²) >= 11 is 1.61. The number of nitrogens with zero attached hydrogens (tertiary/aromatic N) is 1. The van der Waals surface area contributed by atoms with Gasteiger partial charge in [0.05, 0.1) is 12.1 Å². The average molecular weight is 320 g/mol. The smallest absolute Gasteiger partial charge is 0.395 e. The van der Waals surface area contributed by atoms with Gasteiger partial charge in [-0.05, 0) is 36.3 Å². The largest absolute Gasteiger partial charge is 0.433 e. The molecular weight excluding hydrogens is 304 g/mol. The number of hydrogen-bond donors (Lipinski definition) is 1. The molecule has 0 aliphatic heterocycles. The van der Waals surface area contributed by atoms with Crippen LogP contribution in [0, 0.1) is 16.0 Å². The first-order valence-corrected chi connectivity index (χ1v) is 8.11. The minimum atomic E-state index is -0.648. The maximum Gasteiger partial charge on any atom is 0.433 e. The lowest BCUT2D eigenvalue weighted by atomic mass is 9.96. The minimum absolute atomic E-state index is 0.0220. The lowest BCUT2D eigenvalue weighted by Crippen LogP contribution is -2.32. The van der Waals surface area contributed by atoms with Crippen molar-refractivity contribution in [1.82, 2.24) is 5.32 Å². The van der Waals surface area contributed by atoms with E-state index in [4.69, 9.17) is 4.42 Å². The first kappa shape index (κ1) is 14.8. The maximum atomic E-state index is 12.3. The van der Waals surface area contributed by atoms with Crippen molar-refractivity contribution in [2.45, 2.75) is 31.7 Å². The summed E-state index contributed by atoms with van der Waals surface area (Å²) in [5, 5.41) is 15.6. The number of rotatable bonds is 5. The molecule has 116 valence electrons. The molecule has 1 fully saturated rings. The molecule has 0 radical (unpaired) electrons. The lowest BCUT2D eigenvalue weighted by molar-refractivity contribution is -0.402. The molecule has 2 heterocycles. The molecule has 1 aliphatic carbocycles. The molecule has 0 saturated heterocycles. The van der Waals surface area contributed by atoms with Crippen molar-refractivity contribution in [3.05, 3.63) is 50.4 Å². The Labute approximate surface area is 131 Å². The van der Waals surface area contributed by atoms with Crippen LogP contribution in [0.2, 0.25) is 0 Å². The monoisotopic (exact) mass is 320 g/mol. The average Bonchev–Trinajstić information content (AvgIpc) is 3.26. The van der Waals surface area contributed by atoms with Crippen molar-refractivity contribution in [2.75, 3.05) is 0 Å². The fraction of sp³-hybridized carbons (Fsp3) is 0.400. The highest BCUT2D eigenvalue weighted by molar-refractivity contribution is 7.10. The van der Waals surface area contributed by atoms with Crippen molar-refractivity contribution in [3.8, 4) is 0 Å². The molecule has 6 nitrogen and oxygen atoms in total. The Bertz CT molecular complexity index is 659. The zero-order chi connectivity index (χ0) is 15.5. The van der Waals surface area contributed by atoms with Crippen molar-refractivity contribution in [1.29, 1.82) is 0 Å². The van der Waals surface area contributed by atoms with Gasteiger partial charge in [-0.2, -0.15) is 0 Å². The molecule has 0 bridgehead atoms. The summed E-state index contributed by atoms with van der Waals surface area (Å²) in [6.45, 7) is 0. The summed E-state index contributed by atoms with van der Waals surface area (Å²) in [7, 11) is 0. The molecule has 22 heavy (non-hydrogen) atoms. The third-order valence-electron chi connectivity index (χ3n) is 4.00. The van der Waals surface area contributed by atoms with Gasteiger partial charge in [0.2, 0.25) is 0 Å². The number of furan rings is 1. The first-order valence-electron chi connectivity index (χ1n) is 7.23.